The largest absolute Gasteiger partial charge is 3.00 e. The van der Waals surface area contributed by atoms with Gasteiger partial charge in [0.25, 0.3) is 0 Å². The van der Waals surface area contributed by atoms with Gasteiger partial charge in [-0.25, -0.2) is 0 Å². The first-order valence-electron chi connectivity index (χ1n) is 5.18. The third-order valence-corrected chi connectivity index (χ3v) is 1.07. The molecular formula is C12H6Fe3O13+. The van der Waals surface area contributed by atoms with Gasteiger partial charge in [-0.15, -0.1) is 0 Å². The molecule has 0 rings (SSSR count). The van der Waals surface area contributed by atoms with E-state index in [1.807, 2.05) is 0 Å². The topological polar surface area (TPSA) is 269 Å². The van der Waals surface area contributed by atoms with Crippen LogP contribution in [0.15, 0.2) is 36.5 Å². The number of rotatable bonds is 6. The molecule has 28 heavy (non-hydrogen) atoms. The van der Waals surface area contributed by atoms with Crippen LogP contribution in [0.2, 0.25) is 0 Å². The van der Waals surface area contributed by atoms with E-state index in [-0.39, 0.29) is 56.7 Å². The second-order valence-electron chi connectivity index (χ2n) is 2.91. The third-order valence-electron chi connectivity index (χ3n) is 1.07. The van der Waals surface area contributed by atoms with E-state index in [1.54, 1.807) is 0 Å². The summed E-state index contributed by atoms with van der Waals surface area (Å²) < 4.78 is 0. The van der Waals surface area contributed by atoms with Crippen LogP contribution in [-0.2, 0) is 85.4 Å². The first-order valence-corrected chi connectivity index (χ1v) is 5.18. The maximum Gasteiger partial charge on any atom is 3.00 e. The molecule has 0 spiro atoms. The van der Waals surface area contributed by atoms with Crippen LogP contribution in [0, 0.1) is 0 Å². The predicted molar refractivity (Wildman–Crippen MR) is 58.1 cm³/mol. The summed E-state index contributed by atoms with van der Waals surface area (Å²) >= 11 is 0. The zero-order valence-corrected chi connectivity index (χ0v) is 16.1. The van der Waals surface area contributed by atoms with Crippen molar-refractivity contribution in [2.45, 2.75) is 0 Å². The minimum absolute atomic E-state index is 0. The van der Waals surface area contributed by atoms with Gasteiger partial charge >= 0.3 is 51.2 Å². The molecule has 0 unspecified atom stereocenters. The Bertz CT molecular complexity index is 452. The van der Waals surface area contributed by atoms with Gasteiger partial charge in [0.1, 0.15) is 0 Å². The van der Waals surface area contributed by atoms with Crippen LogP contribution in [-0.4, -0.2) is 35.8 Å². The molecule has 0 aromatic carbocycles. The van der Waals surface area contributed by atoms with Crippen molar-refractivity contribution in [3.63, 3.8) is 0 Å². The number of carbonyl (C=O) groups is 6. The van der Waals surface area contributed by atoms with Crippen molar-refractivity contribution in [3.05, 3.63) is 36.5 Å². The van der Waals surface area contributed by atoms with Crippen LogP contribution in [0.1, 0.15) is 0 Å². The van der Waals surface area contributed by atoms with Gasteiger partial charge in [0, 0.05) is 0 Å². The number of hydrogen-bond donors (Lipinski definition) is 0. The van der Waals surface area contributed by atoms with Gasteiger partial charge in [0.15, 0.2) is 0 Å². The molecule has 3 radical (unpaired) electrons. The molecule has 0 atom stereocenters. The normalized spacial score (nSPS) is 8.14. The fourth-order valence-corrected chi connectivity index (χ4v) is 0.408. The van der Waals surface area contributed by atoms with Gasteiger partial charge < -0.3 is 64.9 Å². The summed E-state index contributed by atoms with van der Waals surface area (Å²) in [6.07, 6.45) is 2.31. The van der Waals surface area contributed by atoms with Gasteiger partial charge in [-0.05, 0) is 36.5 Å². The third kappa shape index (κ3) is 76.0. The molecule has 0 saturated carbocycles. The quantitative estimate of drug-likeness (QED) is 0.231. The molecule has 0 aromatic rings. The molecule has 13 nitrogen and oxygen atoms in total. The van der Waals surface area contributed by atoms with E-state index < -0.39 is 35.8 Å². The number of carboxylic acids is 6. The summed E-state index contributed by atoms with van der Waals surface area (Å²) in [6.45, 7) is 0. The fraction of sp³-hybridized carbons (Fsp3) is 0. The Morgan fingerprint density at radius 2 is 0.429 bits per heavy atom. The Balaban J connectivity index is -0.0000000441. The van der Waals surface area contributed by atoms with Crippen LogP contribution < -0.4 is 30.6 Å². The van der Waals surface area contributed by atoms with Crippen molar-refractivity contribution < 1.29 is 116 Å². The second-order valence-corrected chi connectivity index (χ2v) is 2.91. The van der Waals surface area contributed by atoms with Crippen molar-refractivity contribution in [2.24, 2.45) is 0 Å². The molecule has 0 aliphatic carbocycles. The Kier molecular flexibility index (Phi) is 46.9. The monoisotopic (exact) mass is 526 g/mol. The van der Waals surface area contributed by atoms with Crippen LogP contribution in [0.3, 0.4) is 0 Å². The number of hydrogen-bond acceptors (Lipinski definition) is 12. The Labute approximate surface area is 188 Å². The van der Waals surface area contributed by atoms with Crippen LogP contribution in [0.4, 0.5) is 0 Å². The van der Waals surface area contributed by atoms with Crippen LogP contribution in [0.5, 0.6) is 0 Å². The average molecular weight is 526 g/mol. The smallest absolute Gasteiger partial charge is 2.00 e. The summed E-state index contributed by atoms with van der Waals surface area (Å²) in [5.41, 5.74) is 0. The van der Waals surface area contributed by atoms with E-state index >= 15 is 0 Å². The Morgan fingerprint density at radius 1 is 0.357 bits per heavy atom. The maximum atomic E-state index is 9.41. The van der Waals surface area contributed by atoms with Crippen LogP contribution >= 0.6 is 0 Å². The van der Waals surface area contributed by atoms with Crippen molar-refractivity contribution in [1.29, 1.82) is 0 Å². The van der Waals surface area contributed by atoms with E-state index in [4.69, 9.17) is 0 Å². The number of carboxylic acid groups (broad SMARTS) is 6. The van der Waals surface area contributed by atoms with Gasteiger partial charge in [-0.3, -0.25) is 0 Å². The summed E-state index contributed by atoms with van der Waals surface area (Å²) in [5.74, 6) is -9.28. The summed E-state index contributed by atoms with van der Waals surface area (Å²) in [7, 11) is 0. The first-order chi connectivity index (χ1) is 10.9. The van der Waals surface area contributed by atoms with E-state index in [9.17, 15) is 59.4 Å². The van der Waals surface area contributed by atoms with E-state index in [2.05, 4.69) is 0 Å². The van der Waals surface area contributed by atoms with Crippen molar-refractivity contribution in [1.82, 2.24) is 0 Å². The van der Waals surface area contributed by atoms with Crippen molar-refractivity contribution in [2.75, 3.05) is 0 Å². The molecule has 155 valence electrons. The molecule has 16 heteroatoms. The molecule has 0 aliphatic heterocycles. The number of carbonyl (C=O) groups excluding carboxylic acids is 6. The number of aliphatic carboxylic acids is 6. The van der Waals surface area contributed by atoms with Crippen molar-refractivity contribution in [3.8, 4) is 0 Å². The minimum Gasteiger partial charge on any atom is -2.00 e. The van der Waals surface area contributed by atoms with Gasteiger partial charge in [0.05, 0.1) is 35.8 Å². The SMILES string of the molecule is O=C([O-])/C=C/C(=O)[O-].O=C([O-])/C=C/C(=O)[O-].O=C([O-])/C=C/C(=O)[O-].[Fe+3].[Fe+3].[Fe+3].[O-2]. The zero-order chi connectivity index (χ0) is 19.7. The molecule has 0 bridgehead atoms. The van der Waals surface area contributed by atoms with Gasteiger partial charge in [-0.2, -0.15) is 0 Å². The summed E-state index contributed by atoms with van der Waals surface area (Å²) in [5, 5.41) is 56.5. The molecular weight excluding hydrogens is 520 g/mol. The standard InChI is InChI=1S/3C4H4O4.3Fe.O/c3*5-3(6)1-2-4(7)8;;;;/h3*1-2H,(H,5,6)(H,7,8);;;;/q;;;3*+3;-2/p-6/b3*2-1+;;;;. The summed E-state index contributed by atoms with van der Waals surface area (Å²) in [6, 6.07) is 0. The van der Waals surface area contributed by atoms with E-state index in [1.165, 1.54) is 0 Å². The van der Waals surface area contributed by atoms with Crippen molar-refractivity contribution >= 4 is 35.8 Å². The first kappa shape index (κ1) is 44.8. The average Bonchev–Trinajstić information content (AvgIpc) is 2.42. The van der Waals surface area contributed by atoms with E-state index in [0.717, 1.165) is 0 Å². The molecule has 0 saturated heterocycles. The fourth-order valence-electron chi connectivity index (χ4n) is 0.408. The second kappa shape index (κ2) is 29.3. The molecule has 0 fully saturated rings. The minimum atomic E-state index is -1.55. The van der Waals surface area contributed by atoms with Gasteiger partial charge in [-0.1, -0.05) is 0 Å². The summed E-state index contributed by atoms with van der Waals surface area (Å²) in [4.78, 5) is 56.5. The maximum absolute atomic E-state index is 9.41. The Morgan fingerprint density at radius 3 is 0.464 bits per heavy atom. The zero-order valence-electron chi connectivity index (χ0n) is 12.8. The van der Waals surface area contributed by atoms with E-state index in [0.29, 0.717) is 36.5 Å². The Hall–Kier alpha value is -2.44. The molecule has 0 aliphatic rings. The van der Waals surface area contributed by atoms with Gasteiger partial charge in [0.2, 0.25) is 0 Å². The molecule has 0 amide bonds. The molecule has 0 N–H and O–H groups in total. The molecule has 0 aromatic heterocycles. The molecule has 0 heterocycles. The predicted octanol–water partition coefficient (Wildman–Crippen LogP) is -9.00. The van der Waals surface area contributed by atoms with Crippen LogP contribution in [0.25, 0.3) is 0 Å².